The van der Waals surface area contributed by atoms with Gasteiger partial charge in [-0.05, 0) is 17.9 Å². The summed E-state index contributed by atoms with van der Waals surface area (Å²) in [5.74, 6) is 0.841. The van der Waals surface area contributed by atoms with E-state index in [9.17, 15) is 4.79 Å². The molecule has 1 aromatic carbocycles. The summed E-state index contributed by atoms with van der Waals surface area (Å²) in [5, 5.41) is 1.17. The van der Waals surface area contributed by atoms with E-state index in [1.165, 1.54) is 23.6 Å². The summed E-state index contributed by atoms with van der Waals surface area (Å²) in [6.45, 7) is 2.01. The van der Waals surface area contributed by atoms with E-state index in [-0.39, 0.29) is 5.56 Å². The number of aromatic nitrogens is 2. The van der Waals surface area contributed by atoms with Crippen molar-refractivity contribution < 1.29 is 4.84 Å². The van der Waals surface area contributed by atoms with Gasteiger partial charge in [-0.1, -0.05) is 30.8 Å². The highest BCUT2D eigenvalue weighted by Gasteiger charge is 2.10. The van der Waals surface area contributed by atoms with E-state index in [0.717, 1.165) is 5.75 Å². The van der Waals surface area contributed by atoms with E-state index in [1.54, 1.807) is 6.07 Å². The lowest BCUT2D eigenvalue weighted by Crippen LogP contribution is -2.27. The second-order valence-corrected chi connectivity index (χ2v) is 4.36. The number of benzene rings is 1. The van der Waals surface area contributed by atoms with Gasteiger partial charge in [-0.3, -0.25) is 4.79 Å². The smallest absolute Gasteiger partial charge is 0.295 e. The van der Waals surface area contributed by atoms with Crippen LogP contribution < -0.4 is 10.4 Å². The largest absolute Gasteiger partial charge is 0.411 e. The van der Waals surface area contributed by atoms with Crippen LogP contribution in [0.15, 0.2) is 34.2 Å². The summed E-state index contributed by atoms with van der Waals surface area (Å²) in [6, 6.07) is 7.27. The van der Waals surface area contributed by atoms with Gasteiger partial charge in [0.25, 0.3) is 5.56 Å². The van der Waals surface area contributed by atoms with E-state index >= 15 is 0 Å². The van der Waals surface area contributed by atoms with E-state index in [2.05, 4.69) is 4.98 Å². The summed E-state index contributed by atoms with van der Waals surface area (Å²) in [5.41, 5.74) is 0.542. The molecule has 0 fully saturated rings. The van der Waals surface area contributed by atoms with Gasteiger partial charge < -0.3 is 4.84 Å². The maximum Gasteiger partial charge on any atom is 0.295 e. The third kappa shape index (κ3) is 1.78. The molecule has 0 saturated heterocycles. The minimum absolute atomic E-state index is 0.163. The first-order valence-corrected chi connectivity index (χ1v) is 5.95. The molecule has 16 heavy (non-hydrogen) atoms. The van der Waals surface area contributed by atoms with Crippen molar-refractivity contribution in [3.63, 3.8) is 0 Å². The molecule has 0 N–H and O–H groups in total. The topological polar surface area (TPSA) is 44.1 Å². The molecule has 84 valence electrons. The molecule has 2 aromatic rings. The summed E-state index contributed by atoms with van der Waals surface area (Å²) >= 11 is 1.48. The molecule has 0 atom stereocenters. The van der Waals surface area contributed by atoms with Gasteiger partial charge in [0.05, 0.1) is 10.9 Å². The fourth-order valence-electron chi connectivity index (χ4n) is 1.48. The molecule has 0 saturated carbocycles. The van der Waals surface area contributed by atoms with Gasteiger partial charge in [-0.25, -0.2) is 4.98 Å². The predicted octanol–water partition coefficient (Wildman–Crippen LogP) is 1.57. The number of rotatable bonds is 3. The number of thioether (sulfide) groups is 1. The molecule has 2 rings (SSSR count). The Hall–Kier alpha value is -1.49. The van der Waals surface area contributed by atoms with Crippen molar-refractivity contribution in [2.75, 3.05) is 12.9 Å². The molecule has 4 nitrogen and oxygen atoms in total. The minimum atomic E-state index is -0.163. The Morgan fingerprint density at radius 3 is 2.88 bits per heavy atom. The van der Waals surface area contributed by atoms with Crippen LogP contribution in [-0.4, -0.2) is 22.6 Å². The van der Waals surface area contributed by atoms with E-state index in [1.807, 2.05) is 25.1 Å². The molecule has 0 bridgehead atoms. The zero-order valence-corrected chi connectivity index (χ0v) is 9.95. The number of hydrogen-bond donors (Lipinski definition) is 0. The van der Waals surface area contributed by atoms with Crippen LogP contribution in [0, 0.1) is 0 Å². The SMILES string of the molecule is CCSc1nc2ccccc2c(=O)n1OC. The second-order valence-electron chi connectivity index (χ2n) is 3.13. The third-order valence-corrected chi connectivity index (χ3v) is 2.97. The van der Waals surface area contributed by atoms with Crippen LogP contribution in [0.2, 0.25) is 0 Å². The van der Waals surface area contributed by atoms with Gasteiger partial charge in [0, 0.05) is 0 Å². The lowest BCUT2D eigenvalue weighted by atomic mass is 10.2. The summed E-state index contributed by atoms with van der Waals surface area (Å²) in [7, 11) is 1.47. The Balaban J connectivity index is 2.76. The monoisotopic (exact) mass is 236 g/mol. The number of fused-ring (bicyclic) bond motifs is 1. The van der Waals surface area contributed by atoms with Gasteiger partial charge in [-0.15, -0.1) is 4.73 Å². The first-order valence-electron chi connectivity index (χ1n) is 4.97. The van der Waals surface area contributed by atoms with Crippen molar-refractivity contribution in [1.29, 1.82) is 0 Å². The fraction of sp³-hybridized carbons (Fsp3) is 0.273. The van der Waals surface area contributed by atoms with Crippen LogP contribution in [0.3, 0.4) is 0 Å². The molecule has 0 aliphatic rings. The summed E-state index contributed by atoms with van der Waals surface area (Å²) in [6.07, 6.45) is 0. The number of nitrogens with zero attached hydrogens (tertiary/aromatic N) is 2. The van der Waals surface area contributed by atoms with Gasteiger partial charge in [0.1, 0.15) is 7.11 Å². The zero-order chi connectivity index (χ0) is 11.5. The van der Waals surface area contributed by atoms with Crippen LogP contribution in [0.4, 0.5) is 0 Å². The molecule has 1 heterocycles. The van der Waals surface area contributed by atoms with Crippen molar-refractivity contribution in [2.24, 2.45) is 0 Å². The lowest BCUT2D eigenvalue weighted by Gasteiger charge is -2.09. The van der Waals surface area contributed by atoms with Crippen LogP contribution in [0.5, 0.6) is 0 Å². The van der Waals surface area contributed by atoms with Crippen LogP contribution in [0.1, 0.15) is 6.92 Å². The molecule has 0 unspecified atom stereocenters. The number of para-hydroxylation sites is 1. The van der Waals surface area contributed by atoms with Gasteiger partial charge >= 0.3 is 0 Å². The van der Waals surface area contributed by atoms with Crippen LogP contribution >= 0.6 is 11.8 Å². The van der Waals surface area contributed by atoms with Gasteiger partial charge in [-0.2, -0.15) is 0 Å². The molecule has 0 aliphatic heterocycles. The highest BCUT2D eigenvalue weighted by molar-refractivity contribution is 7.99. The standard InChI is InChI=1S/C11H12N2O2S/c1-3-16-11-12-9-7-5-4-6-8(9)10(14)13(11)15-2/h4-7H,3H2,1-2H3. The van der Waals surface area contributed by atoms with E-state index in [4.69, 9.17) is 4.84 Å². The van der Waals surface area contributed by atoms with Crippen molar-refractivity contribution in [1.82, 2.24) is 9.71 Å². The molecule has 0 spiro atoms. The summed E-state index contributed by atoms with van der Waals surface area (Å²) < 4.78 is 1.23. The van der Waals surface area contributed by atoms with Crippen molar-refractivity contribution in [2.45, 2.75) is 12.1 Å². The molecule has 0 aliphatic carbocycles. The lowest BCUT2D eigenvalue weighted by molar-refractivity contribution is 0.131. The number of hydrogen-bond acceptors (Lipinski definition) is 4. The molecule has 1 aromatic heterocycles. The average molecular weight is 236 g/mol. The maximum absolute atomic E-state index is 12.0. The van der Waals surface area contributed by atoms with Crippen molar-refractivity contribution in [3.05, 3.63) is 34.6 Å². The first kappa shape index (κ1) is 11.0. The Morgan fingerprint density at radius 2 is 2.19 bits per heavy atom. The van der Waals surface area contributed by atoms with Crippen molar-refractivity contribution in [3.8, 4) is 0 Å². The maximum atomic E-state index is 12.0. The third-order valence-electron chi connectivity index (χ3n) is 2.16. The Bertz CT molecular complexity index is 565. The Morgan fingerprint density at radius 1 is 1.44 bits per heavy atom. The van der Waals surface area contributed by atoms with Gasteiger partial charge in [0.15, 0.2) is 0 Å². The molecule has 5 heteroatoms. The molecule has 0 amide bonds. The first-order chi connectivity index (χ1) is 7.77. The highest BCUT2D eigenvalue weighted by Crippen LogP contribution is 2.15. The van der Waals surface area contributed by atoms with Gasteiger partial charge in [0.2, 0.25) is 5.16 Å². The van der Waals surface area contributed by atoms with Crippen LogP contribution in [0.25, 0.3) is 10.9 Å². The normalized spacial score (nSPS) is 10.6. The molecule has 0 radical (unpaired) electrons. The fourth-order valence-corrected chi connectivity index (χ4v) is 2.17. The second kappa shape index (κ2) is 4.57. The summed E-state index contributed by atoms with van der Waals surface area (Å²) in [4.78, 5) is 21.5. The minimum Gasteiger partial charge on any atom is -0.411 e. The Labute approximate surface area is 97.2 Å². The van der Waals surface area contributed by atoms with Crippen LogP contribution in [-0.2, 0) is 0 Å². The zero-order valence-electron chi connectivity index (χ0n) is 9.14. The molecular weight excluding hydrogens is 224 g/mol. The quantitative estimate of drug-likeness (QED) is 0.599. The molecular formula is C11H12N2O2S. The average Bonchev–Trinajstić information content (AvgIpc) is 2.30. The van der Waals surface area contributed by atoms with E-state index < -0.39 is 0 Å². The highest BCUT2D eigenvalue weighted by atomic mass is 32.2. The van der Waals surface area contributed by atoms with E-state index in [0.29, 0.717) is 16.1 Å². The van der Waals surface area contributed by atoms with Crippen molar-refractivity contribution >= 4 is 22.7 Å². The Kier molecular flexibility index (Phi) is 3.14. The predicted molar refractivity (Wildman–Crippen MR) is 64.9 cm³/mol.